The van der Waals surface area contributed by atoms with E-state index in [1.807, 2.05) is 4.40 Å². The number of carbonyl (C=O) groups excluding carboxylic acids is 1. The first-order chi connectivity index (χ1) is 13.7. The van der Waals surface area contributed by atoms with Gasteiger partial charge in [0, 0.05) is 44.1 Å². The van der Waals surface area contributed by atoms with Gasteiger partial charge in [-0.3, -0.25) is 14.2 Å². The smallest absolute Gasteiger partial charge is 0.221 e. The summed E-state index contributed by atoms with van der Waals surface area (Å²) in [7, 11) is 0. The van der Waals surface area contributed by atoms with E-state index in [0.29, 0.717) is 42.2 Å². The Kier molecular flexibility index (Phi) is 5.48. The van der Waals surface area contributed by atoms with Crippen LogP contribution in [0, 0.1) is 5.82 Å². The van der Waals surface area contributed by atoms with Gasteiger partial charge in [-0.2, -0.15) is 0 Å². The van der Waals surface area contributed by atoms with E-state index >= 15 is 0 Å². The van der Waals surface area contributed by atoms with E-state index in [0.717, 1.165) is 19.4 Å². The van der Waals surface area contributed by atoms with Gasteiger partial charge >= 0.3 is 0 Å². The second kappa shape index (κ2) is 8.35. The fraction of sp³-hybridized carbons (Fsp3) is 0.350. The maximum absolute atomic E-state index is 13.7. The molecule has 146 valence electrons. The maximum Gasteiger partial charge on any atom is 0.221 e. The molecule has 1 atom stereocenters. The van der Waals surface area contributed by atoms with Crippen LogP contribution in [0.3, 0.4) is 0 Å². The number of amides is 1. The number of fused-ring (bicyclic) bond motifs is 1. The van der Waals surface area contributed by atoms with Crippen molar-refractivity contribution >= 4 is 17.4 Å². The topological polar surface area (TPSA) is 80.6 Å². The Morgan fingerprint density at radius 2 is 2.32 bits per heavy atom. The van der Waals surface area contributed by atoms with Gasteiger partial charge in [0.05, 0.1) is 12.3 Å². The summed E-state index contributed by atoms with van der Waals surface area (Å²) in [5.74, 6) is 0.341. The van der Waals surface area contributed by atoms with E-state index in [1.165, 1.54) is 12.1 Å². The predicted molar refractivity (Wildman–Crippen MR) is 103 cm³/mol. The van der Waals surface area contributed by atoms with Crippen LogP contribution in [0.5, 0.6) is 0 Å². The number of halogens is 1. The summed E-state index contributed by atoms with van der Waals surface area (Å²) < 4.78 is 21.0. The molecule has 1 amide bonds. The van der Waals surface area contributed by atoms with Gasteiger partial charge in [-0.05, 0) is 25.0 Å². The zero-order valence-electron chi connectivity index (χ0n) is 15.4. The van der Waals surface area contributed by atoms with Gasteiger partial charge in [0.15, 0.2) is 5.65 Å². The van der Waals surface area contributed by atoms with Crippen molar-refractivity contribution in [1.82, 2.24) is 19.7 Å². The van der Waals surface area contributed by atoms with Crippen molar-refractivity contribution in [3.8, 4) is 11.3 Å². The van der Waals surface area contributed by atoms with E-state index < -0.39 is 0 Å². The number of rotatable bonds is 7. The Morgan fingerprint density at radius 1 is 1.39 bits per heavy atom. The van der Waals surface area contributed by atoms with E-state index in [4.69, 9.17) is 4.74 Å². The van der Waals surface area contributed by atoms with Crippen LogP contribution < -0.4 is 10.6 Å². The summed E-state index contributed by atoms with van der Waals surface area (Å²) in [6.45, 7) is 1.75. The molecule has 0 radical (unpaired) electrons. The van der Waals surface area contributed by atoms with Crippen molar-refractivity contribution in [3.05, 3.63) is 48.7 Å². The maximum atomic E-state index is 13.7. The van der Waals surface area contributed by atoms with Crippen molar-refractivity contribution in [2.24, 2.45) is 0 Å². The first-order valence-corrected chi connectivity index (χ1v) is 9.41. The summed E-state index contributed by atoms with van der Waals surface area (Å²) in [6.07, 6.45) is 7.56. The molecule has 0 bridgehead atoms. The number of anilines is 1. The molecule has 28 heavy (non-hydrogen) atoms. The zero-order chi connectivity index (χ0) is 19.3. The number of nitrogens with one attached hydrogen (secondary N) is 2. The first kappa shape index (κ1) is 18.4. The normalized spacial score (nSPS) is 16.4. The second-order valence-corrected chi connectivity index (χ2v) is 6.74. The molecule has 2 aromatic heterocycles. The first-order valence-electron chi connectivity index (χ1n) is 9.41. The molecule has 0 aliphatic carbocycles. The molecule has 1 unspecified atom stereocenters. The Balaban J connectivity index is 1.45. The monoisotopic (exact) mass is 383 g/mol. The Bertz CT molecular complexity index is 968. The van der Waals surface area contributed by atoms with Crippen LogP contribution in [0.2, 0.25) is 0 Å². The third-order valence-corrected chi connectivity index (χ3v) is 4.72. The SMILES string of the molecule is O=C(CCNc1c(-c2cccc(F)c2)nc2cnccn12)NCC1CCCO1. The number of imidazole rings is 1. The fourth-order valence-corrected chi connectivity index (χ4v) is 3.33. The molecule has 2 N–H and O–H groups in total. The molecular weight excluding hydrogens is 361 g/mol. The van der Waals surface area contributed by atoms with Crippen LogP contribution >= 0.6 is 0 Å². The molecular formula is C20H22FN5O2. The van der Waals surface area contributed by atoms with Crippen LogP contribution in [-0.4, -0.2) is 46.1 Å². The van der Waals surface area contributed by atoms with E-state index in [9.17, 15) is 9.18 Å². The highest BCUT2D eigenvalue weighted by atomic mass is 19.1. The van der Waals surface area contributed by atoms with Gasteiger partial charge in [-0.1, -0.05) is 12.1 Å². The Labute approximate surface area is 161 Å². The highest BCUT2D eigenvalue weighted by Gasteiger charge is 2.17. The molecule has 1 saturated heterocycles. The van der Waals surface area contributed by atoms with E-state index in [2.05, 4.69) is 20.6 Å². The molecule has 3 aromatic rings. The highest BCUT2D eigenvalue weighted by Crippen LogP contribution is 2.28. The number of carbonyl (C=O) groups is 1. The largest absolute Gasteiger partial charge is 0.376 e. The third-order valence-electron chi connectivity index (χ3n) is 4.72. The van der Waals surface area contributed by atoms with E-state index in [-0.39, 0.29) is 17.8 Å². The molecule has 3 heterocycles. The molecule has 7 nitrogen and oxygen atoms in total. The van der Waals surface area contributed by atoms with Crippen LogP contribution in [-0.2, 0) is 9.53 Å². The van der Waals surface area contributed by atoms with Gasteiger partial charge in [0.1, 0.15) is 17.3 Å². The van der Waals surface area contributed by atoms with Crippen molar-refractivity contribution < 1.29 is 13.9 Å². The van der Waals surface area contributed by atoms with Crippen LogP contribution in [0.1, 0.15) is 19.3 Å². The average Bonchev–Trinajstić information content (AvgIpc) is 3.34. The molecule has 1 aliphatic rings. The zero-order valence-corrected chi connectivity index (χ0v) is 15.4. The third kappa shape index (κ3) is 4.12. The number of aromatic nitrogens is 3. The summed E-state index contributed by atoms with van der Waals surface area (Å²) in [5.41, 5.74) is 1.92. The average molecular weight is 383 g/mol. The quantitative estimate of drug-likeness (QED) is 0.656. The van der Waals surface area contributed by atoms with Gasteiger partial charge in [-0.25, -0.2) is 9.37 Å². The van der Waals surface area contributed by atoms with Crippen molar-refractivity contribution in [1.29, 1.82) is 0 Å². The molecule has 1 aliphatic heterocycles. The minimum atomic E-state index is -0.327. The molecule has 0 spiro atoms. The lowest BCUT2D eigenvalue weighted by molar-refractivity contribution is -0.121. The molecule has 0 saturated carbocycles. The van der Waals surface area contributed by atoms with Gasteiger partial charge in [0.25, 0.3) is 0 Å². The van der Waals surface area contributed by atoms with Gasteiger partial charge in [-0.15, -0.1) is 0 Å². The lowest BCUT2D eigenvalue weighted by Gasteiger charge is -2.12. The summed E-state index contributed by atoms with van der Waals surface area (Å²) >= 11 is 0. The van der Waals surface area contributed by atoms with Crippen LogP contribution in [0.15, 0.2) is 42.9 Å². The number of ether oxygens (including phenoxy) is 1. The predicted octanol–water partition coefficient (Wildman–Crippen LogP) is 2.63. The highest BCUT2D eigenvalue weighted by molar-refractivity contribution is 5.78. The number of nitrogens with zero attached hydrogens (tertiary/aromatic N) is 3. The molecule has 8 heteroatoms. The number of hydrogen-bond donors (Lipinski definition) is 2. The second-order valence-electron chi connectivity index (χ2n) is 6.74. The van der Waals surface area contributed by atoms with Gasteiger partial charge in [0.2, 0.25) is 5.91 Å². The lowest BCUT2D eigenvalue weighted by Crippen LogP contribution is -2.32. The van der Waals surface area contributed by atoms with Crippen molar-refractivity contribution in [3.63, 3.8) is 0 Å². The number of benzene rings is 1. The standard InChI is InChI=1S/C20H22FN5O2/c21-15-4-1-3-14(11-15)19-20(26-9-8-22-13-17(26)25-19)23-7-6-18(27)24-12-16-5-2-10-28-16/h1,3-4,8-9,11,13,16,23H,2,5-7,10,12H2,(H,24,27). The fourth-order valence-electron chi connectivity index (χ4n) is 3.33. The minimum Gasteiger partial charge on any atom is -0.376 e. The van der Waals surface area contributed by atoms with Gasteiger partial charge < -0.3 is 15.4 Å². The number of hydrogen-bond acceptors (Lipinski definition) is 5. The summed E-state index contributed by atoms with van der Waals surface area (Å²) in [6, 6.07) is 6.29. The van der Waals surface area contributed by atoms with Crippen LogP contribution in [0.25, 0.3) is 16.9 Å². The van der Waals surface area contributed by atoms with Crippen molar-refractivity contribution in [2.45, 2.75) is 25.4 Å². The lowest BCUT2D eigenvalue weighted by atomic mass is 10.1. The molecule has 4 rings (SSSR count). The summed E-state index contributed by atoms with van der Waals surface area (Å²) in [5, 5.41) is 6.18. The molecule has 1 aromatic carbocycles. The van der Waals surface area contributed by atoms with E-state index in [1.54, 1.807) is 30.7 Å². The minimum absolute atomic E-state index is 0.0363. The summed E-state index contributed by atoms with van der Waals surface area (Å²) in [4.78, 5) is 20.8. The Morgan fingerprint density at radius 3 is 3.14 bits per heavy atom. The van der Waals surface area contributed by atoms with Crippen LogP contribution in [0.4, 0.5) is 10.2 Å². The van der Waals surface area contributed by atoms with Crippen molar-refractivity contribution in [2.75, 3.05) is 25.0 Å². The molecule has 1 fully saturated rings. The Hall–Kier alpha value is -3.00.